The fraction of sp³-hybridized carbons (Fsp3) is 0.444. The van der Waals surface area contributed by atoms with Gasteiger partial charge in [0.1, 0.15) is 11.3 Å². The summed E-state index contributed by atoms with van der Waals surface area (Å²) in [6.45, 7) is 1.43. The van der Waals surface area contributed by atoms with E-state index < -0.39 is 0 Å². The fourth-order valence-corrected chi connectivity index (χ4v) is 1.78. The number of ether oxygens (including phenoxy) is 1. The summed E-state index contributed by atoms with van der Waals surface area (Å²) in [5.74, 6) is 1.00. The molecular formula is C9H10N4O2. The first-order valence-corrected chi connectivity index (χ1v) is 4.85. The van der Waals surface area contributed by atoms with Crippen LogP contribution in [0.2, 0.25) is 0 Å². The number of H-pyrrole nitrogens is 2. The number of hydrogen-bond donors (Lipinski definition) is 2. The molecule has 0 saturated carbocycles. The van der Waals surface area contributed by atoms with E-state index in [-0.39, 0.29) is 11.6 Å². The smallest absolute Gasteiger partial charge is 0.325 e. The Labute approximate surface area is 84.7 Å². The Morgan fingerprint density at radius 1 is 1.47 bits per heavy atom. The van der Waals surface area contributed by atoms with Crippen LogP contribution in [0.25, 0.3) is 11.2 Å². The minimum Gasteiger partial charge on any atom is -0.381 e. The molecule has 78 valence electrons. The highest BCUT2D eigenvalue weighted by atomic mass is 16.5. The van der Waals surface area contributed by atoms with Crippen LogP contribution in [0, 0.1) is 0 Å². The van der Waals surface area contributed by atoms with E-state index in [9.17, 15) is 4.79 Å². The molecule has 3 heterocycles. The molecule has 2 aromatic rings. The summed E-state index contributed by atoms with van der Waals surface area (Å²) in [5.41, 5.74) is 0.957. The Morgan fingerprint density at radius 3 is 3.20 bits per heavy atom. The summed E-state index contributed by atoms with van der Waals surface area (Å²) in [5, 5.41) is 0. The lowest BCUT2D eigenvalue weighted by Crippen LogP contribution is -2.04. The number of rotatable bonds is 1. The highest BCUT2D eigenvalue weighted by molar-refractivity contribution is 5.68. The van der Waals surface area contributed by atoms with E-state index in [0.29, 0.717) is 17.8 Å². The monoisotopic (exact) mass is 206 g/mol. The van der Waals surface area contributed by atoms with Crippen LogP contribution in [0.4, 0.5) is 0 Å². The molecule has 0 bridgehead atoms. The van der Waals surface area contributed by atoms with Gasteiger partial charge in [0.25, 0.3) is 0 Å². The van der Waals surface area contributed by atoms with E-state index in [1.54, 1.807) is 6.20 Å². The maximum Gasteiger partial charge on any atom is 0.325 e. The molecule has 3 rings (SSSR count). The van der Waals surface area contributed by atoms with Gasteiger partial charge in [0.15, 0.2) is 5.65 Å². The predicted molar refractivity (Wildman–Crippen MR) is 52.7 cm³/mol. The summed E-state index contributed by atoms with van der Waals surface area (Å²) in [6.07, 6.45) is 2.58. The maximum atomic E-state index is 11.0. The number of nitrogens with one attached hydrogen (secondary N) is 2. The van der Waals surface area contributed by atoms with Gasteiger partial charge in [-0.2, -0.15) is 0 Å². The molecule has 1 aliphatic heterocycles. The minimum atomic E-state index is -0.251. The average Bonchev–Trinajstić information content (AvgIpc) is 2.82. The number of aromatic amines is 2. The normalized spacial score (nSPS) is 21.2. The third-order valence-electron chi connectivity index (χ3n) is 2.58. The summed E-state index contributed by atoms with van der Waals surface area (Å²) in [4.78, 5) is 24.8. The molecular weight excluding hydrogens is 196 g/mol. The van der Waals surface area contributed by atoms with Crippen molar-refractivity contribution in [1.82, 2.24) is 19.9 Å². The largest absolute Gasteiger partial charge is 0.381 e. The van der Waals surface area contributed by atoms with Crippen LogP contribution in [-0.2, 0) is 4.74 Å². The molecule has 0 spiro atoms. The van der Waals surface area contributed by atoms with Crippen molar-refractivity contribution in [3.05, 3.63) is 22.5 Å². The van der Waals surface area contributed by atoms with E-state index >= 15 is 0 Å². The van der Waals surface area contributed by atoms with Crippen molar-refractivity contribution in [2.75, 3.05) is 13.2 Å². The second-order valence-electron chi connectivity index (χ2n) is 3.63. The SMILES string of the molecule is O=c1[nH]c2cnc(C3CCOC3)nc2[nH]1. The Kier molecular flexibility index (Phi) is 1.81. The van der Waals surface area contributed by atoms with Crippen LogP contribution in [0.15, 0.2) is 11.0 Å². The maximum absolute atomic E-state index is 11.0. The molecule has 0 aliphatic carbocycles. The van der Waals surface area contributed by atoms with Crippen molar-refractivity contribution in [2.45, 2.75) is 12.3 Å². The summed E-state index contributed by atoms with van der Waals surface area (Å²) < 4.78 is 5.27. The predicted octanol–water partition coefficient (Wildman–Crippen LogP) is 0.150. The number of fused-ring (bicyclic) bond motifs is 1. The molecule has 1 unspecified atom stereocenters. The van der Waals surface area contributed by atoms with Crippen LogP contribution in [0.1, 0.15) is 18.2 Å². The van der Waals surface area contributed by atoms with Gasteiger partial charge in [0.05, 0.1) is 12.8 Å². The lowest BCUT2D eigenvalue weighted by Gasteiger charge is -2.04. The summed E-state index contributed by atoms with van der Waals surface area (Å²) >= 11 is 0. The van der Waals surface area contributed by atoms with Gasteiger partial charge in [-0.3, -0.25) is 4.98 Å². The topological polar surface area (TPSA) is 83.7 Å². The molecule has 6 nitrogen and oxygen atoms in total. The van der Waals surface area contributed by atoms with Gasteiger partial charge in [-0.05, 0) is 6.42 Å². The Balaban J connectivity index is 2.08. The van der Waals surface area contributed by atoms with Gasteiger partial charge in [0.2, 0.25) is 0 Å². The van der Waals surface area contributed by atoms with Gasteiger partial charge in [-0.15, -0.1) is 0 Å². The molecule has 15 heavy (non-hydrogen) atoms. The zero-order valence-corrected chi connectivity index (χ0v) is 7.99. The standard InChI is InChI=1S/C9H10N4O2/c14-9-11-6-3-10-7(12-8(6)13-9)5-1-2-15-4-5/h3,5H,1-2,4H2,(H2,10,11,12,13,14). The van der Waals surface area contributed by atoms with Crippen LogP contribution in [-0.4, -0.2) is 33.1 Å². The zero-order chi connectivity index (χ0) is 10.3. The van der Waals surface area contributed by atoms with Crippen molar-refractivity contribution in [2.24, 2.45) is 0 Å². The molecule has 1 saturated heterocycles. The lowest BCUT2D eigenvalue weighted by atomic mass is 10.1. The summed E-state index contributed by atoms with van der Waals surface area (Å²) in [7, 11) is 0. The third kappa shape index (κ3) is 1.42. The second kappa shape index (κ2) is 3.16. The van der Waals surface area contributed by atoms with Crippen molar-refractivity contribution >= 4 is 11.2 Å². The fourth-order valence-electron chi connectivity index (χ4n) is 1.78. The van der Waals surface area contributed by atoms with Crippen LogP contribution in [0.5, 0.6) is 0 Å². The lowest BCUT2D eigenvalue weighted by molar-refractivity contribution is 0.193. The van der Waals surface area contributed by atoms with E-state index in [0.717, 1.165) is 18.9 Å². The van der Waals surface area contributed by atoms with Crippen molar-refractivity contribution in [3.63, 3.8) is 0 Å². The third-order valence-corrected chi connectivity index (χ3v) is 2.58. The molecule has 0 aromatic carbocycles. The van der Waals surface area contributed by atoms with Gasteiger partial charge in [0, 0.05) is 12.5 Å². The molecule has 2 aromatic heterocycles. The Morgan fingerprint density at radius 2 is 2.40 bits per heavy atom. The zero-order valence-electron chi connectivity index (χ0n) is 7.99. The first kappa shape index (κ1) is 8.60. The van der Waals surface area contributed by atoms with E-state index in [1.165, 1.54) is 0 Å². The molecule has 1 aliphatic rings. The average molecular weight is 206 g/mol. The van der Waals surface area contributed by atoms with Gasteiger partial charge < -0.3 is 9.72 Å². The highest BCUT2D eigenvalue weighted by Gasteiger charge is 2.20. The second-order valence-corrected chi connectivity index (χ2v) is 3.63. The van der Waals surface area contributed by atoms with Crippen molar-refractivity contribution in [3.8, 4) is 0 Å². The van der Waals surface area contributed by atoms with Crippen LogP contribution in [0.3, 0.4) is 0 Å². The van der Waals surface area contributed by atoms with Gasteiger partial charge in [-0.25, -0.2) is 14.8 Å². The number of hydrogen-bond acceptors (Lipinski definition) is 4. The van der Waals surface area contributed by atoms with Crippen molar-refractivity contribution in [1.29, 1.82) is 0 Å². The molecule has 1 atom stereocenters. The molecule has 0 amide bonds. The van der Waals surface area contributed by atoms with Crippen LogP contribution >= 0.6 is 0 Å². The number of imidazole rings is 1. The number of aromatic nitrogens is 4. The van der Waals surface area contributed by atoms with E-state index in [2.05, 4.69) is 19.9 Å². The highest BCUT2D eigenvalue weighted by Crippen LogP contribution is 2.22. The molecule has 1 fully saturated rings. The first-order valence-electron chi connectivity index (χ1n) is 4.85. The quantitative estimate of drug-likeness (QED) is 0.695. The van der Waals surface area contributed by atoms with Crippen molar-refractivity contribution < 1.29 is 4.74 Å². The number of nitrogens with zero attached hydrogens (tertiary/aromatic N) is 2. The van der Waals surface area contributed by atoms with E-state index in [4.69, 9.17) is 4.74 Å². The molecule has 6 heteroatoms. The summed E-state index contributed by atoms with van der Waals surface area (Å²) in [6, 6.07) is 0. The minimum absolute atomic E-state index is 0.251. The first-order chi connectivity index (χ1) is 7.33. The Hall–Kier alpha value is -1.69. The van der Waals surface area contributed by atoms with Gasteiger partial charge >= 0.3 is 5.69 Å². The molecule has 2 N–H and O–H groups in total. The van der Waals surface area contributed by atoms with E-state index in [1.807, 2.05) is 0 Å². The van der Waals surface area contributed by atoms with Crippen LogP contribution < -0.4 is 5.69 Å². The molecule has 0 radical (unpaired) electrons. The Bertz CT molecular complexity index is 538. The van der Waals surface area contributed by atoms with Gasteiger partial charge in [-0.1, -0.05) is 0 Å².